The molecular formula is C13H15F3N4O3. The highest BCUT2D eigenvalue weighted by Gasteiger charge is 2.28. The molecule has 2 N–H and O–H groups in total. The Hall–Kier alpha value is -2.52. The van der Waals surface area contributed by atoms with Crippen molar-refractivity contribution in [1.29, 1.82) is 0 Å². The van der Waals surface area contributed by atoms with E-state index < -0.39 is 41.6 Å². The average molecular weight is 332 g/mol. The number of aromatic nitrogens is 1. The lowest BCUT2D eigenvalue weighted by Gasteiger charge is -2.35. The number of piperazine rings is 1. The standard InChI is InChI=1S/C13H15F3N4O3/c1-7(21)19-2-4-20(5-3-19)11-9(14)12(16)18-13(10(11)15)17-6-8(22)23/h2-6H2,1H3,(H,17,18)(H,22,23). The van der Waals surface area contributed by atoms with Crippen LogP contribution in [0.25, 0.3) is 0 Å². The Balaban J connectivity index is 2.27. The van der Waals surface area contributed by atoms with Gasteiger partial charge in [-0.15, -0.1) is 0 Å². The van der Waals surface area contributed by atoms with Gasteiger partial charge in [-0.25, -0.2) is 4.39 Å². The van der Waals surface area contributed by atoms with Gasteiger partial charge in [-0.3, -0.25) is 9.59 Å². The van der Waals surface area contributed by atoms with E-state index in [9.17, 15) is 22.8 Å². The second kappa shape index (κ2) is 6.71. The Morgan fingerprint density at radius 3 is 2.30 bits per heavy atom. The predicted molar refractivity (Wildman–Crippen MR) is 74.7 cm³/mol. The molecule has 0 spiro atoms. The summed E-state index contributed by atoms with van der Waals surface area (Å²) in [6, 6.07) is 0. The van der Waals surface area contributed by atoms with Crippen LogP contribution in [0.1, 0.15) is 6.92 Å². The summed E-state index contributed by atoms with van der Waals surface area (Å²) >= 11 is 0. The number of anilines is 2. The fourth-order valence-electron chi connectivity index (χ4n) is 2.30. The molecule has 1 aromatic heterocycles. The number of carboxylic acids is 1. The molecule has 10 heteroatoms. The van der Waals surface area contributed by atoms with Crippen molar-refractivity contribution in [2.45, 2.75) is 6.92 Å². The molecule has 126 valence electrons. The molecule has 1 saturated heterocycles. The van der Waals surface area contributed by atoms with Crippen LogP contribution < -0.4 is 10.2 Å². The van der Waals surface area contributed by atoms with Crippen LogP contribution in [0.2, 0.25) is 0 Å². The van der Waals surface area contributed by atoms with Crippen LogP contribution in [0, 0.1) is 17.6 Å². The van der Waals surface area contributed by atoms with E-state index in [1.54, 1.807) is 0 Å². The Morgan fingerprint density at radius 2 is 1.78 bits per heavy atom. The highest BCUT2D eigenvalue weighted by atomic mass is 19.2. The molecule has 0 atom stereocenters. The zero-order chi connectivity index (χ0) is 17.1. The van der Waals surface area contributed by atoms with Crippen LogP contribution in [-0.2, 0) is 9.59 Å². The number of amides is 1. The number of carbonyl (C=O) groups excluding carboxylic acids is 1. The van der Waals surface area contributed by atoms with E-state index in [0.29, 0.717) is 0 Å². The van der Waals surface area contributed by atoms with Gasteiger partial charge in [-0.2, -0.15) is 13.8 Å². The fraction of sp³-hybridized carbons (Fsp3) is 0.462. The molecule has 1 amide bonds. The summed E-state index contributed by atoms with van der Waals surface area (Å²) in [7, 11) is 0. The largest absolute Gasteiger partial charge is 0.480 e. The normalized spacial score (nSPS) is 14.8. The number of carboxylic acid groups (broad SMARTS) is 1. The SMILES string of the molecule is CC(=O)N1CCN(c2c(F)c(F)nc(NCC(=O)O)c2F)CC1. The molecule has 2 rings (SSSR count). The third-order valence-electron chi connectivity index (χ3n) is 3.46. The highest BCUT2D eigenvalue weighted by Crippen LogP contribution is 2.30. The molecular weight excluding hydrogens is 317 g/mol. The molecule has 0 radical (unpaired) electrons. The monoisotopic (exact) mass is 332 g/mol. The maximum Gasteiger partial charge on any atom is 0.322 e. The van der Waals surface area contributed by atoms with Crippen molar-refractivity contribution in [2.24, 2.45) is 0 Å². The van der Waals surface area contributed by atoms with Gasteiger partial charge < -0.3 is 20.2 Å². The van der Waals surface area contributed by atoms with Gasteiger partial charge in [0, 0.05) is 33.1 Å². The molecule has 0 aliphatic carbocycles. The third-order valence-corrected chi connectivity index (χ3v) is 3.46. The molecule has 2 heterocycles. The number of nitrogens with one attached hydrogen (secondary N) is 1. The first kappa shape index (κ1) is 16.8. The number of nitrogens with zero attached hydrogens (tertiary/aromatic N) is 3. The molecule has 7 nitrogen and oxygen atoms in total. The number of carbonyl (C=O) groups is 2. The maximum atomic E-state index is 14.4. The van der Waals surface area contributed by atoms with Crippen molar-refractivity contribution in [2.75, 3.05) is 42.9 Å². The van der Waals surface area contributed by atoms with Crippen LogP contribution >= 0.6 is 0 Å². The smallest absolute Gasteiger partial charge is 0.322 e. The van der Waals surface area contributed by atoms with Gasteiger partial charge in [0.2, 0.25) is 11.7 Å². The minimum absolute atomic E-state index is 0.120. The summed E-state index contributed by atoms with van der Waals surface area (Å²) in [5.41, 5.74) is -0.617. The first-order valence-electron chi connectivity index (χ1n) is 6.82. The number of hydrogen-bond donors (Lipinski definition) is 2. The minimum atomic E-state index is -1.52. The summed E-state index contributed by atoms with van der Waals surface area (Å²) in [5.74, 6) is -6.26. The quantitative estimate of drug-likeness (QED) is 0.788. The lowest BCUT2D eigenvalue weighted by atomic mass is 10.2. The summed E-state index contributed by atoms with van der Waals surface area (Å²) in [6.07, 6.45) is 0. The van der Waals surface area contributed by atoms with E-state index >= 15 is 0 Å². The van der Waals surface area contributed by atoms with Gasteiger partial charge >= 0.3 is 5.97 Å². The summed E-state index contributed by atoms with van der Waals surface area (Å²) in [6.45, 7) is 1.43. The van der Waals surface area contributed by atoms with Crippen molar-refractivity contribution in [3.8, 4) is 0 Å². The predicted octanol–water partition coefficient (Wildman–Crippen LogP) is 0.664. The molecule has 1 aliphatic heterocycles. The van der Waals surface area contributed by atoms with Crippen molar-refractivity contribution >= 4 is 23.4 Å². The molecule has 1 aromatic rings. The Morgan fingerprint density at radius 1 is 1.17 bits per heavy atom. The second-order valence-electron chi connectivity index (χ2n) is 4.97. The number of rotatable bonds is 4. The lowest BCUT2D eigenvalue weighted by molar-refractivity contribution is -0.135. The van der Waals surface area contributed by atoms with Crippen LogP contribution in [0.5, 0.6) is 0 Å². The van der Waals surface area contributed by atoms with Crippen molar-refractivity contribution < 1.29 is 27.9 Å². The van der Waals surface area contributed by atoms with Crippen LogP contribution in [0.4, 0.5) is 24.7 Å². The van der Waals surface area contributed by atoms with Gasteiger partial charge in [0.05, 0.1) is 0 Å². The van der Waals surface area contributed by atoms with E-state index in [1.165, 1.54) is 16.7 Å². The molecule has 1 fully saturated rings. The lowest BCUT2D eigenvalue weighted by Crippen LogP contribution is -2.48. The Labute approximate surface area is 129 Å². The van der Waals surface area contributed by atoms with Crippen molar-refractivity contribution in [3.63, 3.8) is 0 Å². The number of halogens is 3. The van der Waals surface area contributed by atoms with E-state index in [-0.39, 0.29) is 32.1 Å². The Bertz CT molecular complexity index is 633. The molecule has 0 saturated carbocycles. The van der Waals surface area contributed by atoms with Crippen molar-refractivity contribution in [3.05, 3.63) is 17.6 Å². The van der Waals surface area contributed by atoms with E-state index in [2.05, 4.69) is 10.3 Å². The van der Waals surface area contributed by atoms with Gasteiger partial charge in [0.1, 0.15) is 12.2 Å². The molecule has 23 heavy (non-hydrogen) atoms. The summed E-state index contributed by atoms with van der Waals surface area (Å²) in [5, 5.41) is 10.7. The zero-order valence-corrected chi connectivity index (χ0v) is 12.3. The van der Waals surface area contributed by atoms with Gasteiger partial charge in [-0.1, -0.05) is 0 Å². The first-order valence-corrected chi connectivity index (χ1v) is 6.82. The van der Waals surface area contributed by atoms with E-state index in [1.807, 2.05) is 0 Å². The zero-order valence-electron chi connectivity index (χ0n) is 12.3. The van der Waals surface area contributed by atoms with Gasteiger partial charge in [0.25, 0.3) is 5.95 Å². The first-order chi connectivity index (χ1) is 10.8. The molecule has 1 aliphatic rings. The van der Waals surface area contributed by atoms with Crippen LogP contribution in [0.3, 0.4) is 0 Å². The molecule has 0 aromatic carbocycles. The van der Waals surface area contributed by atoms with Crippen LogP contribution in [0.15, 0.2) is 0 Å². The number of pyridine rings is 1. The van der Waals surface area contributed by atoms with Crippen molar-refractivity contribution in [1.82, 2.24) is 9.88 Å². The fourth-order valence-corrected chi connectivity index (χ4v) is 2.30. The minimum Gasteiger partial charge on any atom is -0.480 e. The molecule has 0 bridgehead atoms. The summed E-state index contributed by atoms with van der Waals surface area (Å²) in [4.78, 5) is 27.6. The average Bonchev–Trinajstić information content (AvgIpc) is 2.50. The topological polar surface area (TPSA) is 85.8 Å². The van der Waals surface area contributed by atoms with E-state index in [4.69, 9.17) is 5.11 Å². The van der Waals surface area contributed by atoms with Crippen LogP contribution in [-0.4, -0.2) is 59.6 Å². The van der Waals surface area contributed by atoms with Gasteiger partial charge in [0.15, 0.2) is 11.6 Å². The Kier molecular flexibility index (Phi) is 4.92. The van der Waals surface area contributed by atoms with E-state index in [0.717, 1.165) is 0 Å². The second-order valence-corrected chi connectivity index (χ2v) is 4.97. The summed E-state index contributed by atoms with van der Waals surface area (Å²) < 4.78 is 41.9. The third kappa shape index (κ3) is 3.63. The van der Waals surface area contributed by atoms with Gasteiger partial charge in [-0.05, 0) is 0 Å². The molecule has 0 unspecified atom stereocenters. The number of aliphatic carboxylic acids is 1. The maximum absolute atomic E-state index is 14.4. The number of hydrogen-bond acceptors (Lipinski definition) is 5. The highest BCUT2D eigenvalue weighted by molar-refractivity contribution is 5.74.